The van der Waals surface area contributed by atoms with E-state index in [-0.39, 0.29) is 0 Å². The van der Waals surface area contributed by atoms with Crippen molar-refractivity contribution in [3.05, 3.63) is 35.9 Å². The number of hydrogen-bond donors (Lipinski definition) is 1. The lowest BCUT2D eigenvalue weighted by molar-refractivity contribution is 0.0795. The zero-order chi connectivity index (χ0) is 15.3. The van der Waals surface area contributed by atoms with E-state index in [1.807, 2.05) is 0 Å². The predicted octanol–water partition coefficient (Wildman–Crippen LogP) is 4.37. The van der Waals surface area contributed by atoms with Crippen LogP contribution in [0.4, 0.5) is 0 Å². The van der Waals surface area contributed by atoms with Crippen LogP contribution in [0.5, 0.6) is 5.75 Å². The molecule has 1 radical (unpaired) electrons. The highest BCUT2D eigenvalue weighted by molar-refractivity contribution is 5.45. The monoisotopic (exact) mass is 310 g/mol. The molecule has 2 heteroatoms. The van der Waals surface area contributed by atoms with E-state index in [1.165, 1.54) is 64.3 Å². The van der Waals surface area contributed by atoms with Crippen molar-refractivity contribution >= 4 is 0 Å². The first-order valence-electron chi connectivity index (χ1n) is 9.72. The molecule has 1 aliphatic heterocycles. The van der Waals surface area contributed by atoms with Gasteiger partial charge in [0.05, 0.1) is 0 Å². The number of fused-ring (bicyclic) bond motifs is 1. The van der Waals surface area contributed by atoms with Crippen molar-refractivity contribution in [1.29, 1.82) is 0 Å². The lowest BCUT2D eigenvalue weighted by Crippen LogP contribution is -2.59. The maximum absolute atomic E-state index is 6.05. The lowest BCUT2D eigenvalue weighted by Gasteiger charge is -2.56. The summed E-state index contributed by atoms with van der Waals surface area (Å²) in [6, 6.07) is 7.67. The first kappa shape index (κ1) is 14.3. The van der Waals surface area contributed by atoms with E-state index in [2.05, 4.69) is 30.1 Å². The summed E-state index contributed by atoms with van der Waals surface area (Å²) in [4.78, 5) is 0. The van der Waals surface area contributed by atoms with Gasteiger partial charge >= 0.3 is 0 Å². The van der Waals surface area contributed by atoms with Crippen molar-refractivity contribution in [2.75, 3.05) is 6.54 Å². The fraction of sp³-hybridized carbons (Fsp3) is 0.667. The summed E-state index contributed by atoms with van der Waals surface area (Å²) in [7, 11) is 0. The molecule has 3 aliphatic carbocycles. The molecule has 0 unspecified atom stereocenters. The molecule has 23 heavy (non-hydrogen) atoms. The Labute approximate surface area is 140 Å². The van der Waals surface area contributed by atoms with Gasteiger partial charge in [-0.15, -0.1) is 0 Å². The molecule has 1 saturated heterocycles. The van der Waals surface area contributed by atoms with Crippen LogP contribution < -0.4 is 10.1 Å². The second-order valence-corrected chi connectivity index (χ2v) is 8.29. The van der Waals surface area contributed by atoms with Gasteiger partial charge in [-0.1, -0.05) is 25.3 Å². The number of nitrogens with one attached hydrogen (secondary N) is 1. The molecule has 4 aliphatic rings. The number of rotatable bonds is 3. The minimum Gasteiger partial charge on any atom is -0.486 e. The van der Waals surface area contributed by atoms with Crippen molar-refractivity contribution in [2.45, 2.75) is 69.2 Å². The van der Waals surface area contributed by atoms with Crippen LogP contribution in [0.3, 0.4) is 0 Å². The Balaban J connectivity index is 1.47. The SMILES string of the molecule is [CH](Oc1ccc2c(c1)[C@@]13CCCC[C@H]1[C@@H](C2)NCC3)C1CCC1. The van der Waals surface area contributed by atoms with Gasteiger partial charge in [-0.05, 0) is 80.2 Å². The van der Waals surface area contributed by atoms with E-state index < -0.39 is 0 Å². The third-order valence-electron chi connectivity index (χ3n) is 7.17. The zero-order valence-corrected chi connectivity index (χ0v) is 14.0. The van der Waals surface area contributed by atoms with Crippen molar-refractivity contribution in [3.8, 4) is 5.75 Å². The average molecular weight is 310 g/mol. The molecule has 123 valence electrons. The van der Waals surface area contributed by atoms with Crippen LogP contribution in [0.2, 0.25) is 0 Å². The second kappa shape index (κ2) is 5.51. The van der Waals surface area contributed by atoms with Gasteiger partial charge in [0, 0.05) is 11.5 Å². The normalized spacial score (nSPS) is 35.8. The Hall–Kier alpha value is -1.02. The van der Waals surface area contributed by atoms with Gasteiger partial charge in [0.2, 0.25) is 0 Å². The van der Waals surface area contributed by atoms with Crippen LogP contribution in [-0.2, 0) is 11.8 Å². The minimum atomic E-state index is 0.442. The van der Waals surface area contributed by atoms with Gasteiger partial charge < -0.3 is 10.1 Å². The fourth-order valence-electron chi connectivity index (χ4n) is 5.73. The molecular weight excluding hydrogens is 282 g/mol. The summed E-state index contributed by atoms with van der Waals surface area (Å²) < 4.78 is 6.05. The molecule has 2 nitrogen and oxygen atoms in total. The van der Waals surface area contributed by atoms with Crippen molar-refractivity contribution in [3.63, 3.8) is 0 Å². The van der Waals surface area contributed by atoms with E-state index in [0.717, 1.165) is 11.7 Å². The van der Waals surface area contributed by atoms with Crippen LogP contribution in [0.25, 0.3) is 0 Å². The molecule has 3 fully saturated rings. The maximum Gasteiger partial charge on any atom is 0.138 e. The third kappa shape index (κ3) is 2.25. The van der Waals surface area contributed by atoms with E-state index >= 15 is 0 Å². The summed E-state index contributed by atoms with van der Waals surface area (Å²) in [5.74, 6) is 2.62. The van der Waals surface area contributed by atoms with E-state index in [0.29, 0.717) is 17.4 Å². The summed E-state index contributed by atoms with van der Waals surface area (Å²) in [6.07, 6.45) is 12.1. The van der Waals surface area contributed by atoms with Gasteiger partial charge in [0.15, 0.2) is 0 Å². The Bertz CT molecular complexity index is 590. The molecule has 2 bridgehead atoms. The number of benzene rings is 1. The molecule has 1 aromatic rings. The van der Waals surface area contributed by atoms with Crippen LogP contribution in [0.1, 0.15) is 62.5 Å². The Morgan fingerprint density at radius 3 is 2.91 bits per heavy atom. The standard InChI is InChI=1S/C21H28NO/c1-2-9-21-10-11-22-20(18(21)6-1)12-16-7-8-17(13-19(16)21)23-14-15-4-3-5-15/h7-8,13-15,18,20,22H,1-6,9-12H2/t18-,20+,21+/m0/s1. The summed E-state index contributed by atoms with van der Waals surface area (Å²) in [6.45, 7) is 3.29. The maximum atomic E-state index is 6.05. The molecule has 0 spiro atoms. The van der Waals surface area contributed by atoms with Gasteiger partial charge in [-0.3, -0.25) is 0 Å². The minimum absolute atomic E-state index is 0.442. The highest BCUT2D eigenvalue weighted by Gasteiger charge is 2.51. The Kier molecular flexibility index (Phi) is 3.44. The zero-order valence-electron chi connectivity index (χ0n) is 14.0. The molecule has 0 amide bonds. The summed E-state index contributed by atoms with van der Waals surface area (Å²) >= 11 is 0. The first-order valence-corrected chi connectivity index (χ1v) is 9.72. The smallest absolute Gasteiger partial charge is 0.138 e. The van der Waals surface area contributed by atoms with Crippen LogP contribution in [0.15, 0.2) is 18.2 Å². The number of piperidine rings is 1. The quantitative estimate of drug-likeness (QED) is 0.895. The molecular formula is C21H28NO. The highest BCUT2D eigenvalue weighted by atomic mass is 16.5. The lowest BCUT2D eigenvalue weighted by atomic mass is 9.53. The van der Waals surface area contributed by atoms with Crippen molar-refractivity contribution in [1.82, 2.24) is 5.32 Å². The van der Waals surface area contributed by atoms with E-state index in [9.17, 15) is 0 Å². The predicted molar refractivity (Wildman–Crippen MR) is 92.5 cm³/mol. The van der Waals surface area contributed by atoms with E-state index in [1.54, 1.807) is 11.1 Å². The summed E-state index contributed by atoms with van der Waals surface area (Å²) in [5, 5.41) is 3.82. The molecule has 1 N–H and O–H groups in total. The number of ether oxygens (including phenoxy) is 1. The van der Waals surface area contributed by atoms with Crippen LogP contribution in [0, 0.1) is 18.4 Å². The first-order chi connectivity index (χ1) is 11.4. The molecule has 0 aromatic heterocycles. The topological polar surface area (TPSA) is 21.3 Å². The summed E-state index contributed by atoms with van der Waals surface area (Å²) in [5.41, 5.74) is 3.66. The fourth-order valence-corrected chi connectivity index (χ4v) is 5.73. The largest absolute Gasteiger partial charge is 0.486 e. The molecule has 2 saturated carbocycles. The molecule has 3 atom stereocenters. The Morgan fingerprint density at radius 2 is 2.04 bits per heavy atom. The molecule has 1 heterocycles. The molecule has 5 rings (SSSR count). The third-order valence-corrected chi connectivity index (χ3v) is 7.17. The van der Waals surface area contributed by atoms with Gasteiger partial charge in [-0.2, -0.15) is 0 Å². The van der Waals surface area contributed by atoms with Crippen molar-refractivity contribution < 1.29 is 4.74 Å². The number of hydrogen-bond acceptors (Lipinski definition) is 2. The van der Waals surface area contributed by atoms with Crippen LogP contribution >= 0.6 is 0 Å². The van der Waals surface area contributed by atoms with Crippen LogP contribution in [-0.4, -0.2) is 12.6 Å². The van der Waals surface area contributed by atoms with Gasteiger partial charge in [0.1, 0.15) is 12.4 Å². The Morgan fingerprint density at radius 1 is 1.09 bits per heavy atom. The average Bonchev–Trinajstić information content (AvgIpc) is 2.54. The second-order valence-electron chi connectivity index (χ2n) is 8.29. The highest BCUT2D eigenvalue weighted by Crippen LogP contribution is 2.54. The van der Waals surface area contributed by atoms with Gasteiger partial charge in [-0.25, -0.2) is 0 Å². The van der Waals surface area contributed by atoms with Gasteiger partial charge in [0.25, 0.3) is 0 Å². The molecule has 1 aromatic carbocycles. The van der Waals surface area contributed by atoms with Crippen molar-refractivity contribution in [2.24, 2.45) is 11.8 Å². The van der Waals surface area contributed by atoms with E-state index in [4.69, 9.17) is 4.74 Å².